The van der Waals surface area contributed by atoms with Crippen LogP contribution in [0.1, 0.15) is 12.0 Å². The summed E-state index contributed by atoms with van der Waals surface area (Å²) < 4.78 is 9.54. The number of hydrogen-bond acceptors (Lipinski definition) is 4. The van der Waals surface area contributed by atoms with Gasteiger partial charge in [-0.05, 0) is 23.8 Å². The fraction of sp³-hybridized carbons (Fsp3) is 0.286. The van der Waals surface area contributed by atoms with Gasteiger partial charge in [-0.25, -0.2) is 0 Å². The number of carbonyl (C=O) groups is 2. The van der Waals surface area contributed by atoms with Gasteiger partial charge in [0.05, 0.1) is 20.6 Å². The summed E-state index contributed by atoms with van der Waals surface area (Å²) in [6, 6.07) is 7.35. The number of carbonyl (C=O) groups excluding carboxylic acids is 2. The first kappa shape index (κ1) is 14.8. The van der Waals surface area contributed by atoms with Crippen molar-refractivity contribution in [3.63, 3.8) is 0 Å². The van der Waals surface area contributed by atoms with Crippen molar-refractivity contribution >= 4 is 18.0 Å². The first-order valence-electron chi connectivity index (χ1n) is 5.82. The van der Waals surface area contributed by atoms with Crippen molar-refractivity contribution in [2.24, 2.45) is 0 Å². The average Bonchev–Trinajstić information content (AvgIpc) is 2.45. The number of benzene rings is 1. The van der Waals surface area contributed by atoms with Gasteiger partial charge in [-0.1, -0.05) is 12.1 Å². The lowest BCUT2D eigenvalue weighted by Crippen LogP contribution is -2.24. The van der Waals surface area contributed by atoms with E-state index < -0.39 is 0 Å². The van der Waals surface area contributed by atoms with Gasteiger partial charge in [0.25, 0.3) is 0 Å². The quantitative estimate of drug-likeness (QED) is 0.622. The molecule has 0 spiro atoms. The van der Waals surface area contributed by atoms with Crippen LogP contribution in [0.4, 0.5) is 0 Å². The van der Waals surface area contributed by atoms with Crippen LogP contribution in [0.15, 0.2) is 30.3 Å². The molecule has 5 nitrogen and oxygen atoms in total. The molecule has 0 radical (unpaired) electrons. The van der Waals surface area contributed by atoms with Gasteiger partial charge < -0.3 is 14.8 Å². The predicted molar refractivity (Wildman–Crippen MR) is 71.7 cm³/mol. The summed E-state index contributed by atoms with van der Waals surface area (Å²) in [5, 5.41) is 2.59. The molecular weight excluding hydrogens is 246 g/mol. The smallest absolute Gasteiger partial charge is 0.307 e. The van der Waals surface area contributed by atoms with Crippen molar-refractivity contribution < 1.29 is 19.1 Å². The summed E-state index contributed by atoms with van der Waals surface area (Å²) in [4.78, 5) is 22.3. The third kappa shape index (κ3) is 5.72. The van der Waals surface area contributed by atoms with Crippen LogP contribution < -0.4 is 10.1 Å². The molecule has 102 valence electrons. The number of esters is 1. The molecule has 5 heteroatoms. The van der Waals surface area contributed by atoms with Crippen LogP contribution in [0, 0.1) is 0 Å². The number of nitrogens with one attached hydrogen (secondary N) is 1. The maximum Gasteiger partial charge on any atom is 0.307 e. The van der Waals surface area contributed by atoms with E-state index >= 15 is 0 Å². The Bertz CT molecular complexity index is 468. The summed E-state index contributed by atoms with van der Waals surface area (Å²) in [7, 11) is 2.90. The first-order valence-corrected chi connectivity index (χ1v) is 5.82. The van der Waals surface area contributed by atoms with E-state index in [1.807, 2.05) is 24.3 Å². The molecule has 0 fully saturated rings. The Kier molecular flexibility index (Phi) is 6.15. The maximum atomic E-state index is 11.5. The van der Waals surface area contributed by atoms with Gasteiger partial charge in [0.1, 0.15) is 5.75 Å². The SMILES string of the molecule is COC(=O)CCNC(=O)C=Cc1cccc(OC)c1. The number of methoxy groups -OCH3 is 2. The van der Waals surface area contributed by atoms with Gasteiger partial charge in [-0.3, -0.25) is 9.59 Å². The molecule has 0 saturated carbocycles. The molecule has 0 aliphatic rings. The highest BCUT2D eigenvalue weighted by atomic mass is 16.5. The van der Waals surface area contributed by atoms with Crippen LogP contribution in [0.25, 0.3) is 6.08 Å². The molecule has 1 amide bonds. The molecule has 0 unspecified atom stereocenters. The zero-order valence-electron chi connectivity index (χ0n) is 11.0. The van der Waals surface area contributed by atoms with Crippen molar-refractivity contribution in [2.75, 3.05) is 20.8 Å². The lowest BCUT2D eigenvalue weighted by atomic mass is 10.2. The van der Waals surface area contributed by atoms with Crippen LogP contribution >= 0.6 is 0 Å². The standard InChI is InChI=1S/C14H17NO4/c1-18-12-5-3-4-11(10-12)6-7-13(16)15-9-8-14(17)19-2/h3-7,10H,8-9H2,1-2H3,(H,15,16). The number of rotatable bonds is 6. The minimum absolute atomic E-state index is 0.162. The normalized spacial score (nSPS) is 10.2. The van der Waals surface area contributed by atoms with Gasteiger partial charge in [-0.15, -0.1) is 0 Å². The fourth-order valence-corrected chi connectivity index (χ4v) is 1.37. The van der Waals surface area contributed by atoms with E-state index in [1.54, 1.807) is 13.2 Å². The molecule has 0 aromatic heterocycles. The highest BCUT2D eigenvalue weighted by molar-refractivity contribution is 5.91. The highest BCUT2D eigenvalue weighted by Gasteiger charge is 2.01. The minimum Gasteiger partial charge on any atom is -0.497 e. The molecule has 1 N–H and O–H groups in total. The summed E-state index contributed by atoms with van der Waals surface area (Å²) in [6.07, 6.45) is 3.25. The Morgan fingerprint density at radius 2 is 2.11 bits per heavy atom. The van der Waals surface area contributed by atoms with E-state index in [0.29, 0.717) is 0 Å². The van der Waals surface area contributed by atoms with Crippen LogP contribution in [-0.4, -0.2) is 32.6 Å². The third-order valence-electron chi connectivity index (χ3n) is 2.38. The van der Waals surface area contributed by atoms with E-state index in [-0.39, 0.29) is 24.8 Å². The monoisotopic (exact) mass is 263 g/mol. The summed E-state index contributed by atoms with van der Waals surface area (Å²) in [5.74, 6) is 0.122. The van der Waals surface area contributed by atoms with E-state index in [2.05, 4.69) is 10.1 Å². The maximum absolute atomic E-state index is 11.5. The lowest BCUT2D eigenvalue weighted by molar-refractivity contribution is -0.140. The van der Waals surface area contributed by atoms with E-state index in [4.69, 9.17) is 4.74 Å². The van der Waals surface area contributed by atoms with Gasteiger partial charge in [-0.2, -0.15) is 0 Å². The topological polar surface area (TPSA) is 64.6 Å². The first-order chi connectivity index (χ1) is 9.15. The molecule has 0 atom stereocenters. The fourth-order valence-electron chi connectivity index (χ4n) is 1.37. The lowest BCUT2D eigenvalue weighted by Gasteiger charge is -2.01. The zero-order chi connectivity index (χ0) is 14.1. The number of hydrogen-bond donors (Lipinski definition) is 1. The van der Waals surface area contributed by atoms with E-state index in [9.17, 15) is 9.59 Å². The summed E-state index contributed by atoms with van der Waals surface area (Å²) in [6.45, 7) is 0.258. The Balaban J connectivity index is 2.42. The number of ether oxygens (including phenoxy) is 2. The van der Waals surface area contributed by atoms with Crippen molar-refractivity contribution in [3.05, 3.63) is 35.9 Å². The van der Waals surface area contributed by atoms with Crippen molar-refractivity contribution in [1.82, 2.24) is 5.32 Å². The molecule has 1 rings (SSSR count). The largest absolute Gasteiger partial charge is 0.497 e. The van der Waals surface area contributed by atoms with E-state index in [0.717, 1.165) is 11.3 Å². The van der Waals surface area contributed by atoms with Gasteiger partial charge in [0, 0.05) is 12.6 Å². The molecule has 0 heterocycles. The minimum atomic E-state index is -0.350. The van der Waals surface area contributed by atoms with Gasteiger partial charge in [0.15, 0.2) is 0 Å². The highest BCUT2D eigenvalue weighted by Crippen LogP contribution is 2.13. The van der Waals surface area contributed by atoms with Crippen LogP contribution in [0.5, 0.6) is 5.75 Å². The third-order valence-corrected chi connectivity index (χ3v) is 2.38. The molecule has 1 aromatic carbocycles. The van der Waals surface area contributed by atoms with Crippen molar-refractivity contribution in [1.29, 1.82) is 0 Å². The predicted octanol–water partition coefficient (Wildman–Crippen LogP) is 1.39. The Morgan fingerprint density at radius 3 is 2.79 bits per heavy atom. The second-order valence-electron chi connectivity index (χ2n) is 3.73. The van der Waals surface area contributed by atoms with Crippen LogP contribution in [-0.2, 0) is 14.3 Å². The van der Waals surface area contributed by atoms with E-state index in [1.165, 1.54) is 13.2 Å². The number of amides is 1. The molecule has 19 heavy (non-hydrogen) atoms. The molecule has 1 aromatic rings. The Morgan fingerprint density at radius 1 is 1.32 bits per heavy atom. The molecular formula is C14H17NO4. The molecule has 0 aliphatic carbocycles. The van der Waals surface area contributed by atoms with Crippen LogP contribution in [0.2, 0.25) is 0 Å². The van der Waals surface area contributed by atoms with Gasteiger partial charge in [0.2, 0.25) is 5.91 Å². The van der Waals surface area contributed by atoms with Crippen molar-refractivity contribution in [2.45, 2.75) is 6.42 Å². The summed E-state index contributed by atoms with van der Waals surface area (Å²) >= 11 is 0. The van der Waals surface area contributed by atoms with Crippen LogP contribution in [0.3, 0.4) is 0 Å². The second-order valence-corrected chi connectivity index (χ2v) is 3.73. The Hall–Kier alpha value is -2.30. The molecule has 0 bridgehead atoms. The average molecular weight is 263 g/mol. The second kappa shape index (κ2) is 7.92. The summed E-state index contributed by atoms with van der Waals surface area (Å²) in [5.41, 5.74) is 0.863. The molecule has 0 saturated heterocycles. The van der Waals surface area contributed by atoms with Crippen molar-refractivity contribution in [3.8, 4) is 5.75 Å². The zero-order valence-corrected chi connectivity index (χ0v) is 11.0. The van der Waals surface area contributed by atoms with Gasteiger partial charge >= 0.3 is 5.97 Å². The Labute approximate surface area is 112 Å². The molecule has 0 aliphatic heterocycles.